The summed E-state index contributed by atoms with van der Waals surface area (Å²) in [7, 11) is 0. The van der Waals surface area contributed by atoms with Gasteiger partial charge in [0, 0.05) is 0 Å². The molecular formula is C21H30ClN5O. The number of benzene rings is 1. The number of hydrogen-bond donors (Lipinski definition) is 2. The van der Waals surface area contributed by atoms with Crippen LogP contribution in [0.15, 0.2) is 24.3 Å². The van der Waals surface area contributed by atoms with Crippen molar-refractivity contribution in [2.75, 3.05) is 13.1 Å². The smallest absolute Gasteiger partial charge is 0.274 e. The van der Waals surface area contributed by atoms with Gasteiger partial charge < -0.3 is 10.6 Å². The maximum Gasteiger partial charge on any atom is 0.274 e. The fourth-order valence-corrected chi connectivity index (χ4v) is 4.63. The van der Waals surface area contributed by atoms with Crippen molar-refractivity contribution in [3.8, 4) is 0 Å². The Morgan fingerprint density at radius 2 is 1.93 bits per heavy atom. The monoisotopic (exact) mass is 403 g/mol. The summed E-state index contributed by atoms with van der Waals surface area (Å²) < 4.78 is 1.95. The number of rotatable bonds is 4. The largest absolute Gasteiger partial charge is 0.341 e. The average Bonchev–Trinajstić information content (AvgIpc) is 3.30. The van der Waals surface area contributed by atoms with Crippen LogP contribution >= 0.6 is 12.4 Å². The van der Waals surface area contributed by atoms with Gasteiger partial charge >= 0.3 is 0 Å². The molecule has 2 fully saturated rings. The van der Waals surface area contributed by atoms with E-state index in [1.54, 1.807) is 0 Å². The van der Waals surface area contributed by atoms with Gasteiger partial charge in [-0.05, 0) is 58.2 Å². The third-order valence-electron chi connectivity index (χ3n) is 6.18. The Morgan fingerprint density at radius 1 is 1.21 bits per heavy atom. The van der Waals surface area contributed by atoms with Crippen LogP contribution in [0.2, 0.25) is 0 Å². The van der Waals surface area contributed by atoms with Crippen LogP contribution in [0.3, 0.4) is 0 Å². The van der Waals surface area contributed by atoms with E-state index in [2.05, 4.69) is 52.1 Å². The second kappa shape index (κ2) is 8.62. The second-order valence-corrected chi connectivity index (χ2v) is 8.06. The number of amides is 1. The summed E-state index contributed by atoms with van der Waals surface area (Å²) in [5, 5.41) is 15.3. The highest BCUT2D eigenvalue weighted by atomic mass is 35.5. The van der Waals surface area contributed by atoms with Gasteiger partial charge in [-0.25, -0.2) is 4.68 Å². The number of nitrogens with zero attached hydrogens (tertiary/aromatic N) is 3. The molecule has 2 heterocycles. The zero-order valence-electron chi connectivity index (χ0n) is 16.7. The highest BCUT2D eigenvalue weighted by Crippen LogP contribution is 2.39. The van der Waals surface area contributed by atoms with E-state index >= 15 is 0 Å². The quantitative estimate of drug-likeness (QED) is 0.820. The number of carbonyl (C=O) groups is 1. The van der Waals surface area contributed by atoms with Crippen LogP contribution in [-0.2, 0) is 5.54 Å². The van der Waals surface area contributed by atoms with Crippen molar-refractivity contribution < 1.29 is 4.79 Å². The van der Waals surface area contributed by atoms with Crippen LogP contribution < -0.4 is 10.6 Å². The Bertz CT molecular complexity index is 822. The summed E-state index contributed by atoms with van der Waals surface area (Å²) in [5.74, 6) is -0.101. The molecule has 1 amide bonds. The van der Waals surface area contributed by atoms with Crippen molar-refractivity contribution in [1.29, 1.82) is 0 Å². The molecule has 1 saturated carbocycles. The first-order chi connectivity index (χ1) is 13.1. The number of halogens is 1. The third kappa shape index (κ3) is 3.94. The second-order valence-electron chi connectivity index (χ2n) is 8.06. The molecule has 0 bridgehead atoms. The number of hydrogen-bond acceptors (Lipinski definition) is 4. The summed E-state index contributed by atoms with van der Waals surface area (Å²) >= 11 is 0. The molecule has 7 heteroatoms. The van der Waals surface area contributed by atoms with E-state index in [1.165, 1.54) is 11.1 Å². The Kier molecular flexibility index (Phi) is 6.40. The molecule has 4 rings (SSSR count). The minimum Gasteiger partial charge on any atom is -0.341 e. The molecule has 2 aliphatic rings. The number of aromatic nitrogens is 3. The van der Waals surface area contributed by atoms with E-state index in [9.17, 15) is 4.79 Å². The molecule has 1 aromatic heterocycles. The van der Waals surface area contributed by atoms with E-state index in [0.717, 1.165) is 57.3 Å². The molecule has 1 saturated heterocycles. The molecule has 1 aromatic carbocycles. The predicted octanol–water partition coefficient (Wildman–Crippen LogP) is 3.44. The van der Waals surface area contributed by atoms with Crippen LogP contribution in [0.4, 0.5) is 0 Å². The van der Waals surface area contributed by atoms with E-state index in [1.807, 2.05) is 11.6 Å². The molecule has 1 aliphatic carbocycles. The molecule has 152 valence electrons. The van der Waals surface area contributed by atoms with E-state index in [0.29, 0.717) is 11.7 Å². The maximum absolute atomic E-state index is 13.1. The van der Waals surface area contributed by atoms with Gasteiger partial charge in [-0.1, -0.05) is 47.9 Å². The molecule has 1 aliphatic heterocycles. The number of aryl methyl sites for hydroxylation is 1. The van der Waals surface area contributed by atoms with Crippen molar-refractivity contribution in [3.63, 3.8) is 0 Å². The maximum atomic E-state index is 13.1. The van der Waals surface area contributed by atoms with E-state index < -0.39 is 0 Å². The van der Waals surface area contributed by atoms with E-state index in [4.69, 9.17) is 0 Å². The molecule has 28 heavy (non-hydrogen) atoms. The standard InChI is InChI=1S/C21H29N5O.ClH/c1-15-6-5-7-17(14-15)21(10-3-4-11-21)23-20(27)19-16(2)26(25-24-19)18-8-12-22-13-9-18;/h5-7,14,18,22H,3-4,8-13H2,1-2H3,(H,23,27);1H. The third-order valence-corrected chi connectivity index (χ3v) is 6.18. The van der Waals surface area contributed by atoms with Gasteiger partial charge in [0.2, 0.25) is 0 Å². The van der Waals surface area contributed by atoms with Gasteiger partial charge in [0.05, 0.1) is 17.3 Å². The highest BCUT2D eigenvalue weighted by Gasteiger charge is 2.38. The van der Waals surface area contributed by atoms with Crippen LogP contribution in [0.5, 0.6) is 0 Å². The summed E-state index contributed by atoms with van der Waals surface area (Å²) in [6.07, 6.45) is 6.27. The van der Waals surface area contributed by atoms with Crippen molar-refractivity contribution in [2.24, 2.45) is 0 Å². The summed E-state index contributed by atoms with van der Waals surface area (Å²) in [5.41, 5.74) is 3.48. The van der Waals surface area contributed by atoms with Crippen LogP contribution in [0.25, 0.3) is 0 Å². The fraction of sp³-hybridized carbons (Fsp3) is 0.571. The summed E-state index contributed by atoms with van der Waals surface area (Å²) in [4.78, 5) is 13.1. The van der Waals surface area contributed by atoms with Crippen molar-refractivity contribution in [1.82, 2.24) is 25.6 Å². The van der Waals surface area contributed by atoms with Gasteiger partial charge in [-0.2, -0.15) is 0 Å². The Labute approximate surface area is 172 Å². The average molecular weight is 404 g/mol. The molecule has 2 N–H and O–H groups in total. The molecule has 0 radical (unpaired) electrons. The Hall–Kier alpha value is -1.92. The molecule has 6 nitrogen and oxygen atoms in total. The number of carbonyl (C=O) groups excluding carboxylic acids is 1. The van der Waals surface area contributed by atoms with Gasteiger partial charge in [-0.3, -0.25) is 4.79 Å². The van der Waals surface area contributed by atoms with Gasteiger partial charge in [0.25, 0.3) is 5.91 Å². The molecule has 0 unspecified atom stereocenters. The minimum absolute atomic E-state index is 0. The molecule has 2 aromatic rings. The molecule has 0 spiro atoms. The topological polar surface area (TPSA) is 71.8 Å². The SMILES string of the molecule is Cc1cccc(C2(NC(=O)c3nnn(C4CCNCC4)c3C)CCCC2)c1.Cl. The van der Waals surface area contributed by atoms with Gasteiger partial charge in [0.15, 0.2) is 5.69 Å². The first kappa shape index (κ1) is 20.8. The Balaban J connectivity index is 0.00000225. The molecule has 0 atom stereocenters. The summed E-state index contributed by atoms with van der Waals surface area (Å²) in [6, 6.07) is 8.84. The zero-order valence-corrected chi connectivity index (χ0v) is 17.5. The number of nitrogens with one attached hydrogen (secondary N) is 2. The lowest BCUT2D eigenvalue weighted by atomic mass is 9.87. The Morgan fingerprint density at radius 3 is 2.61 bits per heavy atom. The lowest BCUT2D eigenvalue weighted by molar-refractivity contribution is 0.0892. The fourth-order valence-electron chi connectivity index (χ4n) is 4.63. The van der Waals surface area contributed by atoms with Gasteiger partial charge in [0.1, 0.15) is 0 Å². The highest BCUT2D eigenvalue weighted by molar-refractivity contribution is 5.93. The van der Waals surface area contributed by atoms with E-state index in [-0.39, 0.29) is 23.9 Å². The first-order valence-electron chi connectivity index (χ1n) is 10.1. The van der Waals surface area contributed by atoms with Crippen molar-refractivity contribution in [2.45, 2.75) is 64.0 Å². The molecular weight excluding hydrogens is 374 g/mol. The van der Waals surface area contributed by atoms with Gasteiger partial charge in [-0.15, -0.1) is 17.5 Å². The lowest BCUT2D eigenvalue weighted by Crippen LogP contribution is -2.44. The summed E-state index contributed by atoms with van der Waals surface area (Å²) in [6.45, 7) is 6.04. The minimum atomic E-state index is -0.284. The normalized spacial score (nSPS) is 19.2. The number of piperidine rings is 1. The van der Waals surface area contributed by atoms with Crippen molar-refractivity contribution >= 4 is 18.3 Å². The van der Waals surface area contributed by atoms with Crippen LogP contribution in [0, 0.1) is 13.8 Å². The van der Waals surface area contributed by atoms with Crippen molar-refractivity contribution in [3.05, 3.63) is 46.8 Å². The van der Waals surface area contributed by atoms with Crippen LogP contribution in [0.1, 0.15) is 71.9 Å². The zero-order chi connectivity index (χ0) is 18.9. The van der Waals surface area contributed by atoms with Crippen LogP contribution in [-0.4, -0.2) is 34.0 Å². The lowest BCUT2D eigenvalue weighted by Gasteiger charge is -2.31. The first-order valence-corrected chi connectivity index (χ1v) is 10.1. The predicted molar refractivity (Wildman–Crippen MR) is 112 cm³/mol.